The number of carbonyl (C=O) groups excluding carboxylic acids is 1. The average Bonchev–Trinajstić information content (AvgIpc) is 3.09. The molecule has 0 radical (unpaired) electrons. The number of nitrogens with zero attached hydrogens (tertiary/aromatic N) is 4. The largest absolute Gasteiger partial charge is 0.319 e. The van der Waals surface area contributed by atoms with E-state index in [-0.39, 0.29) is 5.91 Å². The predicted molar refractivity (Wildman–Crippen MR) is 96.1 cm³/mol. The number of nitrogens with one attached hydrogen (secondary N) is 1. The molecule has 0 bridgehead atoms. The van der Waals surface area contributed by atoms with Crippen LogP contribution in [0.5, 0.6) is 0 Å². The summed E-state index contributed by atoms with van der Waals surface area (Å²) in [6.07, 6.45) is 5.23. The van der Waals surface area contributed by atoms with Crippen LogP contribution in [0.2, 0.25) is 0 Å². The SMILES string of the molecule is Cn1ccc(C(=O)Nc2cccc3ccc(-c4cccnc4)nc23)n1. The van der Waals surface area contributed by atoms with Crippen molar-refractivity contribution in [1.82, 2.24) is 19.7 Å². The van der Waals surface area contributed by atoms with Gasteiger partial charge in [-0.2, -0.15) is 5.10 Å². The fourth-order valence-electron chi connectivity index (χ4n) is 2.65. The summed E-state index contributed by atoms with van der Waals surface area (Å²) in [6.45, 7) is 0. The lowest BCUT2D eigenvalue weighted by molar-refractivity contribution is 0.102. The van der Waals surface area contributed by atoms with Crippen LogP contribution in [0, 0.1) is 0 Å². The normalized spacial score (nSPS) is 10.8. The zero-order valence-electron chi connectivity index (χ0n) is 13.5. The van der Waals surface area contributed by atoms with Gasteiger partial charge in [-0.05, 0) is 30.3 Å². The number of fused-ring (bicyclic) bond motifs is 1. The van der Waals surface area contributed by atoms with Gasteiger partial charge < -0.3 is 5.32 Å². The van der Waals surface area contributed by atoms with Gasteiger partial charge in [0, 0.05) is 36.6 Å². The van der Waals surface area contributed by atoms with Crippen LogP contribution in [-0.2, 0) is 7.05 Å². The van der Waals surface area contributed by atoms with Crippen LogP contribution >= 0.6 is 0 Å². The van der Waals surface area contributed by atoms with Crippen molar-refractivity contribution in [3.05, 3.63) is 72.8 Å². The van der Waals surface area contributed by atoms with Gasteiger partial charge in [0.25, 0.3) is 5.91 Å². The van der Waals surface area contributed by atoms with Crippen LogP contribution in [-0.4, -0.2) is 25.7 Å². The van der Waals surface area contributed by atoms with E-state index in [0.29, 0.717) is 11.4 Å². The number of carbonyl (C=O) groups is 1. The molecular formula is C19H15N5O. The first-order valence-electron chi connectivity index (χ1n) is 7.82. The Morgan fingerprint density at radius 3 is 2.76 bits per heavy atom. The second kappa shape index (κ2) is 6.16. The number of rotatable bonds is 3. The van der Waals surface area contributed by atoms with Gasteiger partial charge in [-0.1, -0.05) is 18.2 Å². The van der Waals surface area contributed by atoms with Crippen molar-refractivity contribution in [2.75, 3.05) is 5.32 Å². The highest BCUT2D eigenvalue weighted by Crippen LogP contribution is 2.25. The molecule has 122 valence electrons. The molecule has 4 rings (SSSR count). The third kappa shape index (κ3) is 2.97. The van der Waals surface area contributed by atoms with E-state index in [1.165, 1.54) is 0 Å². The number of hydrogen-bond donors (Lipinski definition) is 1. The van der Waals surface area contributed by atoms with Gasteiger partial charge in [0.2, 0.25) is 0 Å². The Balaban J connectivity index is 1.74. The number of anilines is 1. The second-order valence-corrected chi connectivity index (χ2v) is 5.64. The lowest BCUT2D eigenvalue weighted by Crippen LogP contribution is -2.13. The van der Waals surface area contributed by atoms with E-state index in [2.05, 4.69) is 15.4 Å². The fourth-order valence-corrected chi connectivity index (χ4v) is 2.65. The van der Waals surface area contributed by atoms with Gasteiger partial charge in [0.15, 0.2) is 5.69 Å². The van der Waals surface area contributed by atoms with Crippen molar-refractivity contribution >= 4 is 22.5 Å². The minimum Gasteiger partial charge on any atom is -0.319 e. The molecule has 0 spiro atoms. The van der Waals surface area contributed by atoms with E-state index in [1.807, 2.05) is 42.5 Å². The maximum absolute atomic E-state index is 12.4. The van der Waals surface area contributed by atoms with E-state index < -0.39 is 0 Å². The van der Waals surface area contributed by atoms with Gasteiger partial charge in [-0.25, -0.2) is 4.98 Å². The van der Waals surface area contributed by atoms with Gasteiger partial charge in [-0.3, -0.25) is 14.5 Å². The molecule has 6 nitrogen and oxygen atoms in total. The number of benzene rings is 1. The monoisotopic (exact) mass is 329 g/mol. The molecule has 0 aliphatic rings. The second-order valence-electron chi connectivity index (χ2n) is 5.64. The quantitative estimate of drug-likeness (QED) is 0.626. The minimum atomic E-state index is -0.262. The maximum atomic E-state index is 12.4. The molecule has 0 unspecified atom stereocenters. The molecular weight excluding hydrogens is 314 g/mol. The van der Waals surface area contributed by atoms with Crippen molar-refractivity contribution in [3.63, 3.8) is 0 Å². The lowest BCUT2D eigenvalue weighted by atomic mass is 10.1. The average molecular weight is 329 g/mol. The van der Waals surface area contributed by atoms with Gasteiger partial charge in [-0.15, -0.1) is 0 Å². The minimum absolute atomic E-state index is 0.262. The van der Waals surface area contributed by atoms with E-state index in [0.717, 1.165) is 22.2 Å². The first kappa shape index (κ1) is 15.0. The highest BCUT2D eigenvalue weighted by Gasteiger charge is 2.12. The van der Waals surface area contributed by atoms with Crippen LogP contribution < -0.4 is 5.32 Å². The Bertz CT molecular complexity index is 1060. The third-order valence-corrected chi connectivity index (χ3v) is 3.87. The number of pyridine rings is 2. The number of amides is 1. The van der Waals surface area contributed by atoms with Crippen LogP contribution in [0.3, 0.4) is 0 Å². The molecule has 0 atom stereocenters. The van der Waals surface area contributed by atoms with Gasteiger partial charge >= 0.3 is 0 Å². The standard InChI is InChI=1S/C19H15N5O/c1-24-11-9-17(23-24)19(25)22-16-6-2-4-13-7-8-15(21-18(13)16)14-5-3-10-20-12-14/h2-12H,1H3,(H,22,25). The Morgan fingerprint density at radius 2 is 2.00 bits per heavy atom. The van der Waals surface area contributed by atoms with Crippen molar-refractivity contribution in [2.45, 2.75) is 0 Å². The molecule has 0 fully saturated rings. The molecule has 1 aromatic carbocycles. The van der Waals surface area contributed by atoms with Crippen molar-refractivity contribution in [3.8, 4) is 11.3 Å². The van der Waals surface area contributed by atoms with Crippen LogP contribution in [0.4, 0.5) is 5.69 Å². The van der Waals surface area contributed by atoms with Crippen molar-refractivity contribution in [2.24, 2.45) is 7.05 Å². The molecule has 0 saturated carbocycles. The fraction of sp³-hybridized carbons (Fsp3) is 0.0526. The molecule has 3 heterocycles. The maximum Gasteiger partial charge on any atom is 0.276 e. The zero-order valence-corrected chi connectivity index (χ0v) is 13.5. The van der Waals surface area contributed by atoms with E-state index in [4.69, 9.17) is 4.98 Å². The molecule has 4 aromatic rings. The summed E-state index contributed by atoms with van der Waals surface area (Å²) < 4.78 is 1.59. The van der Waals surface area contributed by atoms with Crippen LogP contribution in [0.1, 0.15) is 10.5 Å². The van der Waals surface area contributed by atoms with Crippen molar-refractivity contribution in [1.29, 1.82) is 0 Å². The number of aromatic nitrogens is 4. The topological polar surface area (TPSA) is 72.7 Å². The Labute approximate surface area is 144 Å². The summed E-state index contributed by atoms with van der Waals surface area (Å²) in [4.78, 5) is 21.3. The summed E-state index contributed by atoms with van der Waals surface area (Å²) in [5.41, 5.74) is 3.48. The van der Waals surface area contributed by atoms with Crippen LogP contribution in [0.25, 0.3) is 22.2 Å². The Kier molecular flexibility index (Phi) is 3.70. The highest BCUT2D eigenvalue weighted by atomic mass is 16.1. The first-order valence-corrected chi connectivity index (χ1v) is 7.82. The molecule has 25 heavy (non-hydrogen) atoms. The molecule has 0 aliphatic carbocycles. The van der Waals surface area contributed by atoms with Gasteiger partial charge in [0.1, 0.15) is 0 Å². The third-order valence-electron chi connectivity index (χ3n) is 3.87. The predicted octanol–water partition coefficient (Wildman–Crippen LogP) is 3.28. The summed E-state index contributed by atoms with van der Waals surface area (Å²) in [5, 5.41) is 7.98. The Morgan fingerprint density at radius 1 is 1.08 bits per heavy atom. The lowest BCUT2D eigenvalue weighted by Gasteiger charge is -2.09. The molecule has 0 saturated heterocycles. The van der Waals surface area contributed by atoms with E-state index >= 15 is 0 Å². The number of hydrogen-bond acceptors (Lipinski definition) is 4. The molecule has 1 amide bonds. The summed E-state index contributed by atoms with van der Waals surface area (Å²) in [7, 11) is 1.77. The Hall–Kier alpha value is -3.54. The molecule has 1 N–H and O–H groups in total. The summed E-state index contributed by atoms with van der Waals surface area (Å²) in [6, 6.07) is 15.1. The summed E-state index contributed by atoms with van der Waals surface area (Å²) in [5.74, 6) is -0.262. The van der Waals surface area contributed by atoms with Gasteiger partial charge in [0.05, 0.1) is 16.9 Å². The molecule has 0 aliphatic heterocycles. The van der Waals surface area contributed by atoms with E-state index in [9.17, 15) is 4.79 Å². The van der Waals surface area contributed by atoms with E-state index in [1.54, 1.807) is 36.4 Å². The summed E-state index contributed by atoms with van der Waals surface area (Å²) >= 11 is 0. The highest BCUT2D eigenvalue weighted by molar-refractivity contribution is 6.07. The van der Waals surface area contributed by atoms with Crippen LogP contribution in [0.15, 0.2) is 67.1 Å². The van der Waals surface area contributed by atoms with Crippen molar-refractivity contribution < 1.29 is 4.79 Å². The molecule has 6 heteroatoms. The molecule has 3 aromatic heterocycles. The zero-order chi connectivity index (χ0) is 17.2. The number of para-hydroxylation sites is 1. The number of aryl methyl sites for hydroxylation is 1. The smallest absolute Gasteiger partial charge is 0.276 e. The first-order chi connectivity index (χ1) is 12.2.